The Morgan fingerprint density at radius 1 is 1.03 bits per heavy atom. The number of amides is 1. The summed E-state index contributed by atoms with van der Waals surface area (Å²) >= 11 is 0. The number of carbonyl (C=O) groups is 1. The number of hydrogen-bond acceptors (Lipinski definition) is 4. The number of nitrogens with zero attached hydrogens (tertiary/aromatic N) is 3. The molecular formula is C30H25FN4O2. The fourth-order valence-electron chi connectivity index (χ4n) is 4.98. The number of pyridine rings is 1. The summed E-state index contributed by atoms with van der Waals surface area (Å²) < 4.78 is 19.7. The number of rotatable bonds is 5. The van der Waals surface area contributed by atoms with Gasteiger partial charge >= 0.3 is 0 Å². The van der Waals surface area contributed by atoms with Crippen molar-refractivity contribution < 1.29 is 13.9 Å². The van der Waals surface area contributed by atoms with Crippen molar-refractivity contribution in [2.75, 3.05) is 6.54 Å². The molecule has 2 aromatic heterocycles. The van der Waals surface area contributed by atoms with E-state index in [2.05, 4.69) is 9.97 Å². The Balaban J connectivity index is 1.39. The molecule has 1 aliphatic heterocycles. The number of nitrogens with one attached hydrogen (secondary N) is 1. The van der Waals surface area contributed by atoms with Crippen molar-refractivity contribution in [3.05, 3.63) is 96.4 Å². The van der Waals surface area contributed by atoms with Crippen LogP contribution < -0.4 is 4.74 Å². The Bertz CT molecular complexity index is 1560. The molecule has 5 aromatic rings. The predicted octanol–water partition coefficient (Wildman–Crippen LogP) is 6.91. The fourth-order valence-corrected chi connectivity index (χ4v) is 4.98. The lowest BCUT2D eigenvalue weighted by Gasteiger charge is -2.25. The zero-order valence-corrected chi connectivity index (χ0v) is 20.3. The molecule has 1 N–H and O–H groups in total. The topological polar surface area (TPSA) is 71.1 Å². The average molecular weight is 493 g/mol. The van der Waals surface area contributed by atoms with Gasteiger partial charge in [0.15, 0.2) is 5.82 Å². The molecule has 0 bridgehead atoms. The zero-order chi connectivity index (χ0) is 25.4. The summed E-state index contributed by atoms with van der Waals surface area (Å²) in [5, 5.41) is 0. The largest absolute Gasteiger partial charge is 0.457 e. The van der Waals surface area contributed by atoms with Crippen molar-refractivity contribution in [1.29, 1.82) is 0 Å². The van der Waals surface area contributed by atoms with Crippen LogP contribution in [0.2, 0.25) is 0 Å². The first-order valence-corrected chi connectivity index (χ1v) is 12.3. The second kappa shape index (κ2) is 9.50. The van der Waals surface area contributed by atoms with E-state index in [0.29, 0.717) is 17.3 Å². The maximum Gasteiger partial charge on any atom is 0.219 e. The smallest absolute Gasteiger partial charge is 0.219 e. The highest BCUT2D eigenvalue weighted by Crippen LogP contribution is 2.41. The number of likely N-dealkylation sites (tertiary alicyclic amines) is 1. The number of carbonyl (C=O) groups excluding carboxylic acids is 1. The molecule has 3 aromatic carbocycles. The highest BCUT2D eigenvalue weighted by atomic mass is 19.1. The van der Waals surface area contributed by atoms with Gasteiger partial charge in [0.25, 0.3) is 0 Å². The van der Waals surface area contributed by atoms with Crippen LogP contribution in [0.15, 0.2) is 85.1 Å². The second-order valence-electron chi connectivity index (χ2n) is 9.21. The molecule has 184 valence electrons. The van der Waals surface area contributed by atoms with Crippen molar-refractivity contribution in [3.8, 4) is 34.1 Å². The first-order valence-electron chi connectivity index (χ1n) is 12.3. The maximum atomic E-state index is 13.3. The Hall–Kier alpha value is -4.52. The lowest BCUT2D eigenvalue weighted by molar-refractivity contribution is -0.129. The van der Waals surface area contributed by atoms with Crippen LogP contribution in [0.3, 0.4) is 0 Å². The van der Waals surface area contributed by atoms with Crippen LogP contribution >= 0.6 is 0 Å². The molecule has 6 rings (SSSR count). The fraction of sp³-hybridized carbons (Fsp3) is 0.167. The Kier molecular flexibility index (Phi) is 5.88. The van der Waals surface area contributed by atoms with E-state index in [-0.39, 0.29) is 17.8 Å². The van der Waals surface area contributed by atoms with E-state index in [9.17, 15) is 9.18 Å². The first-order chi connectivity index (χ1) is 18.0. The lowest BCUT2D eigenvalue weighted by atomic mass is 10.0. The van der Waals surface area contributed by atoms with Crippen LogP contribution in [-0.2, 0) is 4.79 Å². The molecule has 37 heavy (non-hydrogen) atoms. The summed E-state index contributed by atoms with van der Waals surface area (Å²) in [7, 11) is 0. The summed E-state index contributed by atoms with van der Waals surface area (Å²) in [6.45, 7) is 2.34. The summed E-state index contributed by atoms with van der Waals surface area (Å²) in [4.78, 5) is 26.8. The van der Waals surface area contributed by atoms with E-state index < -0.39 is 0 Å². The van der Waals surface area contributed by atoms with E-state index >= 15 is 0 Å². The molecule has 6 nitrogen and oxygen atoms in total. The summed E-state index contributed by atoms with van der Waals surface area (Å²) in [5.74, 6) is 1.80. The van der Waals surface area contributed by atoms with Gasteiger partial charge < -0.3 is 14.6 Å². The summed E-state index contributed by atoms with van der Waals surface area (Å²) in [6, 6.07) is 23.7. The number of ether oxygens (including phenoxy) is 1. The van der Waals surface area contributed by atoms with Crippen molar-refractivity contribution in [2.24, 2.45) is 0 Å². The third-order valence-corrected chi connectivity index (χ3v) is 6.80. The number of H-pyrrole nitrogens is 1. The molecule has 0 spiro atoms. The molecule has 1 unspecified atom stereocenters. The first kappa shape index (κ1) is 22.9. The number of hydrogen-bond donors (Lipinski definition) is 1. The zero-order valence-electron chi connectivity index (χ0n) is 20.3. The van der Waals surface area contributed by atoms with Crippen LogP contribution in [0.25, 0.3) is 33.7 Å². The van der Waals surface area contributed by atoms with Gasteiger partial charge in [-0.3, -0.25) is 9.78 Å². The minimum absolute atomic E-state index is 0.0518. The van der Waals surface area contributed by atoms with E-state index in [4.69, 9.17) is 9.72 Å². The standard InChI is InChI=1S/C30H25FN4O2/c1-19(36)35-16-4-6-28(35)24-17-26-27(34-30(33-26)25-5-2-3-15-32-25)18-29(24)37-23-13-9-21(10-14-23)20-7-11-22(31)12-8-20/h2-3,5,7-15,17-18,28H,4,6,16H2,1H3,(H,33,34). The SMILES string of the molecule is CC(=O)N1CCCC1c1cc2[nH]c(-c3ccccn3)nc2cc1Oc1ccc(-c2ccc(F)cc2)cc1. The maximum absolute atomic E-state index is 13.3. The molecule has 1 amide bonds. The Labute approximate surface area is 213 Å². The molecular weight excluding hydrogens is 467 g/mol. The molecule has 3 heterocycles. The van der Waals surface area contributed by atoms with E-state index in [1.807, 2.05) is 59.5 Å². The third-order valence-electron chi connectivity index (χ3n) is 6.80. The number of aromatic amines is 1. The van der Waals surface area contributed by atoms with Crippen molar-refractivity contribution in [2.45, 2.75) is 25.8 Å². The van der Waals surface area contributed by atoms with Crippen LogP contribution in [0, 0.1) is 5.82 Å². The number of fused-ring (bicyclic) bond motifs is 1. The molecule has 1 saturated heterocycles. The second-order valence-corrected chi connectivity index (χ2v) is 9.21. The molecule has 0 saturated carbocycles. The highest BCUT2D eigenvalue weighted by molar-refractivity contribution is 5.82. The molecule has 1 atom stereocenters. The predicted molar refractivity (Wildman–Crippen MR) is 141 cm³/mol. The number of imidazole rings is 1. The number of aromatic nitrogens is 3. The molecule has 7 heteroatoms. The third kappa shape index (κ3) is 4.56. The van der Waals surface area contributed by atoms with Gasteiger partial charge in [0.05, 0.1) is 17.1 Å². The van der Waals surface area contributed by atoms with Gasteiger partial charge in [-0.1, -0.05) is 30.3 Å². The van der Waals surface area contributed by atoms with E-state index in [0.717, 1.165) is 52.8 Å². The number of halogens is 1. The Morgan fingerprint density at radius 3 is 2.49 bits per heavy atom. The van der Waals surface area contributed by atoms with Crippen molar-refractivity contribution in [3.63, 3.8) is 0 Å². The van der Waals surface area contributed by atoms with Gasteiger partial charge in [-0.15, -0.1) is 0 Å². The van der Waals surface area contributed by atoms with E-state index in [1.165, 1.54) is 12.1 Å². The normalized spacial score (nSPS) is 15.3. The van der Waals surface area contributed by atoms with Gasteiger partial charge in [-0.05, 0) is 66.4 Å². The lowest BCUT2D eigenvalue weighted by Crippen LogP contribution is -2.28. The van der Waals surface area contributed by atoms with Gasteiger partial charge in [0.1, 0.15) is 23.0 Å². The van der Waals surface area contributed by atoms with Crippen LogP contribution in [0.4, 0.5) is 4.39 Å². The van der Waals surface area contributed by atoms with E-state index in [1.54, 1.807) is 25.3 Å². The van der Waals surface area contributed by atoms with Crippen molar-refractivity contribution in [1.82, 2.24) is 19.9 Å². The highest BCUT2D eigenvalue weighted by Gasteiger charge is 2.31. The Morgan fingerprint density at radius 2 is 1.78 bits per heavy atom. The van der Waals surface area contributed by atoms with Crippen LogP contribution in [0.1, 0.15) is 31.4 Å². The minimum Gasteiger partial charge on any atom is -0.457 e. The van der Waals surface area contributed by atoms with Gasteiger partial charge in [-0.25, -0.2) is 9.37 Å². The molecule has 1 fully saturated rings. The van der Waals surface area contributed by atoms with Gasteiger partial charge in [0, 0.05) is 31.3 Å². The van der Waals surface area contributed by atoms with Gasteiger partial charge in [-0.2, -0.15) is 0 Å². The van der Waals surface area contributed by atoms with Crippen molar-refractivity contribution >= 4 is 16.9 Å². The summed E-state index contributed by atoms with van der Waals surface area (Å²) in [6.07, 6.45) is 3.55. The van der Waals surface area contributed by atoms with Gasteiger partial charge in [0.2, 0.25) is 5.91 Å². The average Bonchev–Trinajstić information content (AvgIpc) is 3.57. The molecule has 0 radical (unpaired) electrons. The molecule has 1 aliphatic rings. The summed E-state index contributed by atoms with van der Waals surface area (Å²) in [5.41, 5.74) is 5.22. The molecule has 0 aliphatic carbocycles. The monoisotopic (exact) mass is 492 g/mol. The van der Waals surface area contributed by atoms with Crippen LogP contribution in [-0.4, -0.2) is 32.3 Å². The minimum atomic E-state index is -0.261. The quantitative estimate of drug-likeness (QED) is 0.289. The number of benzene rings is 3. The van der Waals surface area contributed by atoms with Crippen LogP contribution in [0.5, 0.6) is 11.5 Å².